The maximum Gasteiger partial charge on any atom is 0.274 e. The fraction of sp³-hybridized carbons (Fsp3) is 0.538. The maximum absolute atomic E-state index is 11.8. The average molecular weight is 234 g/mol. The summed E-state index contributed by atoms with van der Waals surface area (Å²) in [4.78, 5) is 11.8. The van der Waals surface area contributed by atoms with Crippen LogP contribution in [-0.4, -0.2) is 11.6 Å². The Bertz CT molecular complexity index is 434. The van der Waals surface area contributed by atoms with E-state index in [-0.39, 0.29) is 5.91 Å². The summed E-state index contributed by atoms with van der Waals surface area (Å²) < 4.78 is 5.09. The van der Waals surface area contributed by atoms with E-state index < -0.39 is 0 Å². The molecule has 0 aliphatic heterocycles. The van der Waals surface area contributed by atoms with Crippen molar-refractivity contribution in [2.24, 2.45) is 11.0 Å². The van der Waals surface area contributed by atoms with Gasteiger partial charge in [-0.1, -0.05) is 6.92 Å². The Morgan fingerprint density at radius 1 is 1.65 bits per heavy atom. The third-order valence-corrected chi connectivity index (χ3v) is 3.35. The molecule has 1 saturated carbocycles. The molecule has 4 heteroatoms. The third kappa shape index (κ3) is 2.57. The van der Waals surface area contributed by atoms with Crippen molar-refractivity contribution in [1.82, 2.24) is 5.43 Å². The molecule has 1 aliphatic rings. The van der Waals surface area contributed by atoms with Crippen molar-refractivity contribution in [2.45, 2.75) is 39.5 Å². The van der Waals surface area contributed by atoms with Gasteiger partial charge in [0.1, 0.15) is 5.76 Å². The first-order valence-electron chi connectivity index (χ1n) is 6.13. The van der Waals surface area contributed by atoms with Crippen LogP contribution in [-0.2, 0) is 0 Å². The number of carbonyl (C=O) groups is 1. The van der Waals surface area contributed by atoms with Gasteiger partial charge in [0.25, 0.3) is 5.91 Å². The van der Waals surface area contributed by atoms with Crippen LogP contribution in [0.15, 0.2) is 21.8 Å². The lowest BCUT2D eigenvalue weighted by Crippen LogP contribution is -2.21. The zero-order chi connectivity index (χ0) is 12.3. The number of hydrogen-bond donors (Lipinski definition) is 1. The standard InChI is InChI=1S/C13H18N2O2/c1-3-10-5-4-6-12(10)14-15-13(16)11-7-8-17-9(11)2/h7-8,10H,3-6H2,1-2H3,(H,15,16). The summed E-state index contributed by atoms with van der Waals surface area (Å²) in [6, 6.07) is 1.66. The van der Waals surface area contributed by atoms with E-state index in [4.69, 9.17) is 4.42 Å². The van der Waals surface area contributed by atoms with Crippen molar-refractivity contribution >= 4 is 11.6 Å². The molecule has 17 heavy (non-hydrogen) atoms. The van der Waals surface area contributed by atoms with Gasteiger partial charge in [-0.25, -0.2) is 5.43 Å². The van der Waals surface area contributed by atoms with Gasteiger partial charge in [-0.2, -0.15) is 5.10 Å². The van der Waals surface area contributed by atoms with Gasteiger partial charge in [0.05, 0.1) is 11.8 Å². The van der Waals surface area contributed by atoms with Crippen LogP contribution in [0.1, 0.15) is 48.7 Å². The minimum absolute atomic E-state index is 0.189. The van der Waals surface area contributed by atoms with Crippen LogP contribution in [0.4, 0.5) is 0 Å². The molecule has 0 saturated heterocycles. The molecule has 0 spiro atoms. The lowest BCUT2D eigenvalue weighted by molar-refractivity contribution is 0.0953. The molecular formula is C13H18N2O2. The molecule has 1 aliphatic carbocycles. The van der Waals surface area contributed by atoms with E-state index in [1.807, 2.05) is 0 Å². The zero-order valence-electron chi connectivity index (χ0n) is 10.3. The predicted molar refractivity (Wildman–Crippen MR) is 66.0 cm³/mol. The zero-order valence-corrected chi connectivity index (χ0v) is 10.3. The van der Waals surface area contributed by atoms with E-state index in [0.717, 1.165) is 18.6 Å². The van der Waals surface area contributed by atoms with Gasteiger partial charge in [0.15, 0.2) is 0 Å². The van der Waals surface area contributed by atoms with E-state index in [1.165, 1.54) is 19.1 Å². The number of hydrogen-bond acceptors (Lipinski definition) is 3. The van der Waals surface area contributed by atoms with Gasteiger partial charge in [-0.05, 0) is 44.6 Å². The van der Waals surface area contributed by atoms with Crippen LogP contribution in [0, 0.1) is 12.8 Å². The average Bonchev–Trinajstić information content (AvgIpc) is 2.94. The summed E-state index contributed by atoms with van der Waals surface area (Å²) in [6.45, 7) is 3.93. The second-order valence-corrected chi connectivity index (χ2v) is 4.43. The molecule has 1 unspecified atom stereocenters. The van der Waals surface area contributed by atoms with Crippen molar-refractivity contribution in [3.8, 4) is 0 Å². The van der Waals surface area contributed by atoms with Crippen LogP contribution < -0.4 is 5.43 Å². The first-order valence-corrected chi connectivity index (χ1v) is 6.13. The van der Waals surface area contributed by atoms with E-state index >= 15 is 0 Å². The van der Waals surface area contributed by atoms with Crippen LogP contribution in [0.3, 0.4) is 0 Å². The normalized spacial score (nSPS) is 22.0. The van der Waals surface area contributed by atoms with E-state index in [2.05, 4.69) is 17.5 Å². The Balaban J connectivity index is 2.00. The predicted octanol–water partition coefficient (Wildman–Crippen LogP) is 2.88. The highest BCUT2D eigenvalue weighted by Gasteiger charge is 2.21. The van der Waals surface area contributed by atoms with E-state index in [1.54, 1.807) is 13.0 Å². The van der Waals surface area contributed by atoms with Crippen LogP contribution in [0.25, 0.3) is 0 Å². The Morgan fingerprint density at radius 2 is 2.47 bits per heavy atom. The first-order chi connectivity index (χ1) is 8.22. The van der Waals surface area contributed by atoms with Crippen molar-refractivity contribution in [1.29, 1.82) is 0 Å². The molecule has 2 rings (SSSR count). The molecule has 1 aromatic heterocycles. The molecule has 1 N–H and O–H groups in total. The summed E-state index contributed by atoms with van der Waals surface area (Å²) in [7, 11) is 0. The molecule has 0 radical (unpaired) electrons. The second kappa shape index (κ2) is 5.17. The summed E-state index contributed by atoms with van der Waals surface area (Å²) >= 11 is 0. The van der Waals surface area contributed by atoms with Gasteiger partial charge in [-0.15, -0.1) is 0 Å². The second-order valence-electron chi connectivity index (χ2n) is 4.43. The molecule has 0 bridgehead atoms. The molecule has 0 aromatic carbocycles. The number of aryl methyl sites for hydroxylation is 1. The summed E-state index contributed by atoms with van der Waals surface area (Å²) in [6.07, 6.45) is 5.98. The first kappa shape index (κ1) is 11.9. The number of furan rings is 1. The fourth-order valence-electron chi connectivity index (χ4n) is 2.29. The number of hydrazone groups is 1. The fourth-order valence-corrected chi connectivity index (χ4v) is 2.29. The highest BCUT2D eigenvalue weighted by atomic mass is 16.3. The summed E-state index contributed by atoms with van der Waals surface area (Å²) in [5.41, 5.74) is 4.30. The number of carbonyl (C=O) groups excluding carboxylic acids is 1. The highest BCUT2D eigenvalue weighted by molar-refractivity contribution is 5.96. The summed E-state index contributed by atoms with van der Waals surface area (Å²) in [5.74, 6) is 0.979. The molecule has 1 heterocycles. The van der Waals surface area contributed by atoms with Crippen molar-refractivity contribution in [2.75, 3.05) is 0 Å². The topological polar surface area (TPSA) is 54.6 Å². The maximum atomic E-state index is 11.8. The van der Waals surface area contributed by atoms with Crippen LogP contribution >= 0.6 is 0 Å². The SMILES string of the molecule is CCC1CCCC1=NNC(=O)c1ccoc1C. The lowest BCUT2D eigenvalue weighted by Gasteiger charge is -2.07. The Labute approximate surface area is 101 Å². The largest absolute Gasteiger partial charge is 0.469 e. The molecule has 1 amide bonds. The van der Waals surface area contributed by atoms with Gasteiger partial charge in [-0.3, -0.25) is 4.79 Å². The monoisotopic (exact) mass is 234 g/mol. The van der Waals surface area contributed by atoms with Gasteiger partial charge in [0.2, 0.25) is 0 Å². The Hall–Kier alpha value is -1.58. The minimum atomic E-state index is -0.189. The minimum Gasteiger partial charge on any atom is -0.469 e. The van der Waals surface area contributed by atoms with E-state index in [0.29, 0.717) is 17.2 Å². The molecule has 1 atom stereocenters. The third-order valence-electron chi connectivity index (χ3n) is 3.35. The molecular weight excluding hydrogens is 216 g/mol. The molecule has 4 nitrogen and oxygen atoms in total. The lowest BCUT2D eigenvalue weighted by atomic mass is 10.0. The van der Waals surface area contributed by atoms with Crippen LogP contribution in [0.2, 0.25) is 0 Å². The van der Waals surface area contributed by atoms with Crippen molar-refractivity contribution < 1.29 is 9.21 Å². The van der Waals surface area contributed by atoms with Crippen LogP contribution in [0.5, 0.6) is 0 Å². The number of nitrogens with one attached hydrogen (secondary N) is 1. The van der Waals surface area contributed by atoms with E-state index in [9.17, 15) is 4.79 Å². The van der Waals surface area contributed by atoms with Gasteiger partial charge >= 0.3 is 0 Å². The Morgan fingerprint density at radius 3 is 3.12 bits per heavy atom. The molecule has 1 aromatic rings. The Kier molecular flexibility index (Phi) is 3.61. The van der Waals surface area contributed by atoms with Gasteiger partial charge < -0.3 is 4.42 Å². The van der Waals surface area contributed by atoms with Gasteiger partial charge in [0, 0.05) is 5.71 Å². The molecule has 1 fully saturated rings. The summed E-state index contributed by atoms with van der Waals surface area (Å²) in [5, 5.41) is 4.25. The highest BCUT2D eigenvalue weighted by Crippen LogP contribution is 2.24. The smallest absolute Gasteiger partial charge is 0.274 e. The molecule has 92 valence electrons. The number of rotatable bonds is 3. The van der Waals surface area contributed by atoms with Crippen molar-refractivity contribution in [3.63, 3.8) is 0 Å². The number of amides is 1. The quantitative estimate of drug-likeness (QED) is 0.817. The number of nitrogens with zero attached hydrogens (tertiary/aromatic N) is 1. The van der Waals surface area contributed by atoms with Crippen molar-refractivity contribution in [3.05, 3.63) is 23.7 Å².